The molecule has 0 saturated carbocycles. The second-order valence-corrected chi connectivity index (χ2v) is 2.87. The number of allylic oxidation sites excluding steroid dienone is 6. The second kappa shape index (κ2) is 4.29. The largest absolute Gasteiger partial charge is 0.875 e. The van der Waals surface area contributed by atoms with Gasteiger partial charge in [-0.15, -0.1) is 5.76 Å². The molecule has 60 valence electrons. The zero-order chi connectivity index (χ0) is 8.10. The zero-order valence-corrected chi connectivity index (χ0v) is 7.18. The molecule has 0 fully saturated rings. The molecule has 0 N–H and O–H groups in total. The Morgan fingerprint density at radius 2 is 2.00 bits per heavy atom. The maximum absolute atomic E-state index is 11.2. The van der Waals surface area contributed by atoms with Gasteiger partial charge < -0.3 is 5.11 Å². The van der Waals surface area contributed by atoms with Crippen LogP contribution >= 0.6 is 12.6 Å². The summed E-state index contributed by atoms with van der Waals surface area (Å²) < 4.78 is 0. The maximum Gasteiger partial charge on any atom is -0.00952 e. The first-order valence-corrected chi connectivity index (χ1v) is 4.33. The van der Waals surface area contributed by atoms with Gasteiger partial charge in [0.05, 0.1) is 0 Å². The molecule has 1 aliphatic carbocycles. The number of thiol groups is 1. The van der Waals surface area contributed by atoms with Crippen LogP contribution in [0.15, 0.2) is 35.6 Å². The molecule has 2 heteroatoms. The van der Waals surface area contributed by atoms with E-state index in [1.54, 1.807) is 0 Å². The predicted octanol–water partition coefficient (Wildman–Crippen LogP) is 1.44. The molecule has 0 atom stereocenters. The van der Waals surface area contributed by atoms with E-state index in [4.69, 9.17) is 0 Å². The lowest BCUT2D eigenvalue weighted by Crippen LogP contribution is -2.05. The van der Waals surface area contributed by atoms with E-state index in [0.29, 0.717) is 6.42 Å². The topological polar surface area (TPSA) is 23.1 Å². The Hall–Kier alpha value is -0.630. The first-order valence-electron chi connectivity index (χ1n) is 3.70. The minimum Gasteiger partial charge on any atom is -0.875 e. The first-order chi connectivity index (χ1) is 5.34. The fourth-order valence-corrected chi connectivity index (χ4v) is 1.10. The molecule has 0 aliphatic heterocycles. The lowest BCUT2D eigenvalue weighted by Gasteiger charge is -2.12. The fourth-order valence-electron chi connectivity index (χ4n) is 0.944. The Labute approximate surface area is 72.5 Å². The van der Waals surface area contributed by atoms with Crippen molar-refractivity contribution in [2.45, 2.75) is 12.8 Å². The van der Waals surface area contributed by atoms with Crippen molar-refractivity contribution in [3.63, 3.8) is 0 Å². The Balaban J connectivity index is 2.50. The summed E-state index contributed by atoms with van der Waals surface area (Å²) in [4.78, 5) is 0. The molecule has 0 saturated heterocycles. The van der Waals surface area contributed by atoms with E-state index in [2.05, 4.69) is 12.6 Å². The summed E-state index contributed by atoms with van der Waals surface area (Å²) in [5.41, 5.74) is 0.826. The van der Waals surface area contributed by atoms with Crippen LogP contribution in [-0.4, -0.2) is 5.75 Å². The quantitative estimate of drug-likeness (QED) is 0.499. The predicted molar refractivity (Wildman–Crippen MR) is 48.4 cm³/mol. The third-order valence-electron chi connectivity index (χ3n) is 1.55. The summed E-state index contributed by atoms with van der Waals surface area (Å²) in [6.45, 7) is 0. The van der Waals surface area contributed by atoms with Gasteiger partial charge in [-0.25, -0.2) is 0 Å². The molecule has 0 radical (unpaired) electrons. The standard InChI is InChI=1S/C9H12OS/c10-9(6-3-7-11)8-4-1-2-5-8/h1-2,4-5,10-11H,3,6-7H2/p-1. The Morgan fingerprint density at radius 1 is 1.36 bits per heavy atom. The molecule has 0 aromatic heterocycles. The highest BCUT2D eigenvalue weighted by Crippen LogP contribution is 2.13. The SMILES string of the molecule is [O-]C(CCCS)=C1C=CC=C1. The number of hydrogen-bond acceptors (Lipinski definition) is 2. The average Bonchev–Trinajstić information content (AvgIpc) is 2.52. The smallest absolute Gasteiger partial charge is 0.00952 e. The molecule has 1 rings (SSSR count). The van der Waals surface area contributed by atoms with Crippen molar-refractivity contribution in [2.24, 2.45) is 0 Å². The van der Waals surface area contributed by atoms with Gasteiger partial charge in [0.1, 0.15) is 0 Å². The Kier molecular flexibility index (Phi) is 3.30. The third-order valence-corrected chi connectivity index (χ3v) is 1.86. The van der Waals surface area contributed by atoms with E-state index >= 15 is 0 Å². The van der Waals surface area contributed by atoms with E-state index in [9.17, 15) is 5.11 Å². The van der Waals surface area contributed by atoms with Crippen molar-refractivity contribution in [1.82, 2.24) is 0 Å². The van der Waals surface area contributed by atoms with Gasteiger partial charge in [0, 0.05) is 0 Å². The molecular weight excluding hydrogens is 156 g/mol. The lowest BCUT2D eigenvalue weighted by molar-refractivity contribution is -0.307. The zero-order valence-electron chi connectivity index (χ0n) is 6.29. The first kappa shape index (κ1) is 8.47. The minimum absolute atomic E-state index is 0.226. The number of hydrogen-bond donors (Lipinski definition) is 1. The molecule has 0 bridgehead atoms. The Morgan fingerprint density at radius 3 is 2.55 bits per heavy atom. The molecule has 0 heterocycles. The summed E-state index contributed by atoms with van der Waals surface area (Å²) >= 11 is 4.04. The van der Waals surface area contributed by atoms with E-state index < -0.39 is 0 Å². The van der Waals surface area contributed by atoms with Crippen molar-refractivity contribution in [2.75, 3.05) is 5.75 Å². The van der Waals surface area contributed by atoms with Crippen molar-refractivity contribution >= 4 is 12.6 Å². The normalized spacial score (nSPS) is 14.5. The van der Waals surface area contributed by atoms with Gasteiger partial charge >= 0.3 is 0 Å². The molecule has 0 unspecified atom stereocenters. The molecule has 1 nitrogen and oxygen atoms in total. The van der Waals surface area contributed by atoms with Crippen molar-refractivity contribution < 1.29 is 5.11 Å². The van der Waals surface area contributed by atoms with Crippen LogP contribution in [0.25, 0.3) is 0 Å². The van der Waals surface area contributed by atoms with Crippen LogP contribution in [0.3, 0.4) is 0 Å². The molecule has 0 aromatic carbocycles. The van der Waals surface area contributed by atoms with Crippen LogP contribution in [0.2, 0.25) is 0 Å². The van der Waals surface area contributed by atoms with E-state index in [1.807, 2.05) is 24.3 Å². The summed E-state index contributed by atoms with van der Waals surface area (Å²) in [5.74, 6) is 1.01. The second-order valence-electron chi connectivity index (χ2n) is 2.42. The van der Waals surface area contributed by atoms with Gasteiger partial charge in [0.2, 0.25) is 0 Å². The van der Waals surface area contributed by atoms with Gasteiger partial charge in [0.25, 0.3) is 0 Å². The van der Waals surface area contributed by atoms with Gasteiger partial charge in [-0.3, -0.25) is 0 Å². The van der Waals surface area contributed by atoms with Gasteiger partial charge in [-0.2, -0.15) is 12.6 Å². The minimum atomic E-state index is 0.226. The van der Waals surface area contributed by atoms with Gasteiger partial charge in [-0.05, 0) is 24.2 Å². The highest BCUT2D eigenvalue weighted by atomic mass is 32.1. The van der Waals surface area contributed by atoms with Crippen LogP contribution in [0.4, 0.5) is 0 Å². The summed E-state index contributed by atoms with van der Waals surface area (Å²) in [5, 5.41) is 11.2. The van der Waals surface area contributed by atoms with Gasteiger partial charge in [-0.1, -0.05) is 24.3 Å². The highest BCUT2D eigenvalue weighted by molar-refractivity contribution is 7.80. The number of rotatable bonds is 3. The molecule has 0 spiro atoms. The van der Waals surface area contributed by atoms with Gasteiger partial charge in [0.15, 0.2) is 0 Å². The summed E-state index contributed by atoms with van der Waals surface area (Å²) in [6, 6.07) is 0. The van der Waals surface area contributed by atoms with Crippen LogP contribution in [0.1, 0.15) is 12.8 Å². The van der Waals surface area contributed by atoms with Crippen LogP contribution in [0, 0.1) is 0 Å². The third kappa shape index (κ3) is 2.46. The fraction of sp³-hybridized carbons (Fsp3) is 0.333. The van der Waals surface area contributed by atoms with E-state index in [-0.39, 0.29) is 5.76 Å². The van der Waals surface area contributed by atoms with Crippen LogP contribution in [0.5, 0.6) is 0 Å². The molecule has 1 aliphatic rings. The maximum atomic E-state index is 11.2. The Bertz CT molecular complexity index is 200. The lowest BCUT2D eigenvalue weighted by atomic mass is 10.2. The van der Waals surface area contributed by atoms with Crippen molar-refractivity contribution in [1.29, 1.82) is 0 Å². The molecule has 0 aromatic rings. The summed E-state index contributed by atoms with van der Waals surface area (Å²) in [7, 11) is 0. The van der Waals surface area contributed by atoms with Crippen LogP contribution < -0.4 is 5.11 Å². The highest BCUT2D eigenvalue weighted by Gasteiger charge is 1.93. The van der Waals surface area contributed by atoms with Crippen molar-refractivity contribution in [3.8, 4) is 0 Å². The van der Waals surface area contributed by atoms with Crippen LogP contribution in [-0.2, 0) is 0 Å². The van der Waals surface area contributed by atoms with E-state index in [0.717, 1.165) is 17.7 Å². The van der Waals surface area contributed by atoms with E-state index in [1.165, 1.54) is 0 Å². The summed E-state index contributed by atoms with van der Waals surface area (Å²) in [6.07, 6.45) is 8.95. The molecule has 11 heavy (non-hydrogen) atoms. The molecular formula is C9H11OS-. The molecule has 0 amide bonds. The van der Waals surface area contributed by atoms with Crippen molar-refractivity contribution in [3.05, 3.63) is 35.6 Å². The monoisotopic (exact) mass is 167 g/mol. The average molecular weight is 167 g/mol.